The average molecular weight is 294 g/mol. The standard InChI is InChI=1S/C14H22N4O3/c1-2-10-8-16-11(21-10)9-17-13(19)14(12(15)18-20)6-4-3-5-7-14/h8,20H,2-7,9H2,1H3,(H2,15,18)(H,17,19). The number of nitrogens with zero attached hydrogens (tertiary/aromatic N) is 2. The number of carbonyl (C=O) groups excluding carboxylic acids is 1. The van der Waals surface area contributed by atoms with Gasteiger partial charge in [-0.15, -0.1) is 0 Å². The molecule has 116 valence electrons. The van der Waals surface area contributed by atoms with E-state index in [-0.39, 0.29) is 18.3 Å². The van der Waals surface area contributed by atoms with Gasteiger partial charge in [0.15, 0.2) is 5.84 Å². The Kier molecular flexibility index (Phi) is 4.82. The second-order valence-electron chi connectivity index (χ2n) is 5.38. The van der Waals surface area contributed by atoms with Crippen LogP contribution in [0.25, 0.3) is 0 Å². The highest BCUT2D eigenvalue weighted by Crippen LogP contribution is 2.36. The Labute approximate surface area is 123 Å². The molecule has 0 bridgehead atoms. The summed E-state index contributed by atoms with van der Waals surface area (Å²) in [4.78, 5) is 16.6. The fourth-order valence-electron chi connectivity index (χ4n) is 2.77. The van der Waals surface area contributed by atoms with E-state index < -0.39 is 5.41 Å². The molecule has 1 aliphatic carbocycles. The van der Waals surface area contributed by atoms with Crippen LogP contribution in [0.2, 0.25) is 0 Å². The normalized spacial score (nSPS) is 18.4. The molecular weight excluding hydrogens is 272 g/mol. The summed E-state index contributed by atoms with van der Waals surface area (Å²) in [6, 6.07) is 0. The van der Waals surface area contributed by atoms with Crippen molar-refractivity contribution in [2.45, 2.75) is 52.0 Å². The first kappa shape index (κ1) is 15.3. The van der Waals surface area contributed by atoms with E-state index in [4.69, 9.17) is 15.4 Å². The molecule has 0 spiro atoms. The second-order valence-corrected chi connectivity index (χ2v) is 5.38. The third-order valence-electron chi connectivity index (χ3n) is 4.09. The monoisotopic (exact) mass is 294 g/mol. The molecular formula is C14H22N4O3. The maximum absolute atomic E-state index is 12.5. The van der Waals surface area contributed by atoms with Crippen LogP contribution in [-0.4, -0.2) is 21.9 Å². The van der Waals surface area contributed by atoms with Crippen molar-refractivity contribution in [1.29, 1.82) is 0 Å². The van der Waals surface area contributed by atoms with E-state index in [9.17, 15) is 4.79 Å². The molecule has 0 atom stereocenters. The highest BCUT2D eigenvalue weighted by molar-refractivity contribution is 6.06. The number of hydrogen-bond donors (Lipinski definition) is 3. The number of oxazole rings is 1. The smallest absolute Gasteiger partial charge is 0.234 e. The second kappa shape index (κ2) is 6.60. The van der Waals surface area contributed by atoms with Crippen molar-refractivity contribution in [1.82, 2.24) is 10.3 Å². The van der Waals surface area contributed by atoms with Crippen molar-refractivity contribution in [2.75, 3.05) is 0 Å². The van der Waals surface area contributed by atoms with Gasteiger partial charge in [0.2, 0.25) is 11.8 Å². The van der Waals surface area contributed by atoms with E-state index in [2.05, 4.69) is 15.5 Å². The zero-order valence-electron chi connectivity index (χ0n) is 12.3. The van der Waals surface area contributed by atoms with E-state index in [1.54, 1.807) is 6.20 Å². The third kappa shape index (κ3) is 3.17. The lowest BCUT2D eigenvalue weighted by molar-refractivity contribution is -0.129. The molecule has 1 aliphatic rings. The van der Waals surface area contributed by atoms with Gasteiger partial charge in [0.05, 0.1) is 12.7 Å². The summed E-state index contributed by atoms with van der Waals surface area (Å²) < 4.78 is 5.45. The van der Waals surface area contributed by atoms with Crippen LogP contribution in [0.15, 0.2) is 15.8 Å². The van der Waals surface area contributed by atoms with Crippen LogP contribution in [0.5, 0.6) is 0 Å². The van der Waals surface area contributed by atoms with E-state index in [0.717, 1.165) is 31.4 Å². The molecule has 0 aromatic carbocycles. The number of aromatic nitrogens is 1. The Hall–Kier alpha value is -2.05. The summed E-state index contributed by atoms with van der Waals surface area (Å²) in [6.45, 7) is 2.18. The maximum Gasteiger partial charge on any atom is 0.234 e. The molecule has 2 rings (SSSR count). The summed E-state index contributed by atoms with van der Waals surface area (Å²) in [5.74, 6) is 1.00. The first-order valence-corrected chi connectivity index (χ1v) is 7.32. The van der Waals surface area contributed by atoms with Crippen molar-refractivity contribution in [3.05, 3.63) is 17.8 Å². The largest absolute Gasteiger partial charge is 0.444 e. The van der Waals surface area contributed by atoms with Crippen molar-refractivity contribution in [3.8, 4) is 0 Å². The predicted molar refractivity (Wildman–Crippen MR) is 76.7 cm³/mol. The Bertz CT molecular complexity index is 518. The Morgan fingerprint density at radius 2 is 2.24 bits per heavy atom. The van der Waals surface area contributed by atoms with Gasteiger partial charge in [-0.2, -0.15) is 0 Å². The number of amidine groups is 1. The van der Waals surface area contributed by atoms with E-state index in [0.29, 0.717) is 18.7 Å². The molecule has 7 heteroatoms. The van der Waals surface area contributed by atoms with Crippen molar-refractivity contribution < 1.29 is 14.4 Å². The lowest BCUT2D eigenvalue weighted by atomic mass is 9.72. The van der Waals surface area contributed by atoms with Gasteiger partial charge < -0.3 is 20.7 Å². The minimum atomic E-state index is -0.910. The van der Waals surface area contributed by atoms with Gasteiger partial charge in [-0.05, 0) is 12.8 Å². The predicted octanol–water partition coefficient (Wildman–Crippen LogP) is 1.55. The van der Waals surface area contributed by atoms with Crippen LogP contribution in [0.1, 0.15) is 50.7 Å². The number of rotatable bonds is 5. The van der Waals surface area contributed by atoms with Crippen LogP contribution < -0.4 is 11.1 Å². The number of hydrogen-bond acceptors (Lipinski definition) is 5. The number of amides is 1. The van der Waals surface area contributed by atoms with Gasteiger partial charge in [-0.25, -0.2) is 4.98 Å². The topological polar surface area (TPSA) is 114 Å². The SMILES string of the molecule is CCc1cnc(CNC(=O)C2(C(N)=NO)CCCCC2)o1. The molecule has 21 heavy (non-hydrogen) atoms. The Morgan fingerprint density at radius 3 is 2.81 bits per heavy atom. The Morgan fingerprint density at radius 1 is 1.52 bits per heavy atom. The fraction of sp³-hybridized carbons (Fsp3) is 0.643. The molecule has 0 unspecified atom stereocenters. The molecule has 1 saturated carbocycles. The summed E-state index contributed by atoms with van der Waals surface area (Å²) in [5.41, 5.74) is 4.87. The Balaban J connectivity index is 2.05. The first-order valence-electron chi connectivity index (χ1n) is 7.32. The summed E-state index contributed by atoms with van der Waals surface area (Å²) >= 11 is 0. The van der Waals surface area contributed by atoms with Crippen LogP contribution in [0.3, 0.4) is 0 Å². The van der Waals surface area contributed by atoms with E-state index in [1.807, 2.05) is 6.92 Å². The van der Waals surface area contributed by atoms with Gasteiger partial charge >= 0.3 is 0 Å². The fourth-order valence-corrected chi connectivity index (χ4v) is 2.77. The molecule has 1 fully saturated rings. The van der Waals surface area contributed by atoms with Crippen LogP contribution in [0, 0.1) is 5.41 Å². The van der Waals surface area contributed by atoms with Crippen LogP contribution in [-0.2, 0) is 17.8 Å². The van der Waals surface area contributed by atoms with E-state index >= 15 is 0 Å². The van der Waals surface area contributed by atoms with Gasteiger partial charge in [-0.1, -0.05) is 31.3 Å². The number of aryl methyl sites for hydroxylation is 1. The maximum atomic E-state index is 12.5. The lowest BCUT2D eigenvalue weighted by Crippen LogP contribution is -2.50. The molecule has 0 radical (unpaired) electrons. The number of nitrogens with two attached hydrogens (primary N) is 1. The summed E-state index contributed by atoms with van der Waals surface area (Å²) in [6.07, 6.45) is 6.45. The van der Waals surface area contributed by atoms with Gasteiger partial charge in [-0.3, -0.25) is 4.79 Å². The molecule has 1 aromatic rings. The number of carbonyl (C=O) groups is 1. The average Bonchev–Trinajstić information content (AvgIpc) is 3.00. The summed E-state index contributed by atoms with van der Waals surface area (Å²) in [7, 11) is 0. The highest BCUT2D eigenvalue weighted by atomic mass is 16.4. The third-order valence-corrected chi connectivity index (χ3v) is 4.09. The van der Waals surface area contributed by atoms with E-state index in [1.165, 1.54) is 0 Å². The van der Waals surface area contributed by atoms with Crippen LogP contribution in [0.4, 0.5) is 0 Å². The molecule has 7 nitrogen and oxygen atoms in total. The van der Waals surface area contributed by atoms with Gasteiger partial charge in [0.1, 0.15) is 11.2 Å². The summed E-state index contributed by atoms with van der Waals surface area (Å²) in [5, 5.41) is 14.8. The van der Waals surface area contributed by atoms with Crippen molar-refractivity contribution >= 4 is 11.7 Å². The van der Waals surface area contributed by atoms with Gasteiger partial charge in [0.25, 0.3) is 0 Å². The van der Waals surface area contributed by atoms with Crippen molar-refractivity contribution in [3.63, 3.8) is 0 Å². The first-order chi connectivity index (χ1) is 10.1. The molecule has 1 heterocycles. The minimum Gasteiger partial charge on any atom is -0.444 e. The molecule has 1 aromatic heterocycles. The highest BCUT2D eigenvalue weighted by Gasteiger charge is 2.43. The zero-order valence-corrected chi connectivity index (χ0v) is 12.3. The zero-order chi connectivity index (χ0) is 15.3. The van der Waals surface area contributed by atoms with Gasteiger partial charge in [0, 0.05) is 6.42 Å². The number of oxime groups is 1. The lowest BCUT2D eigenvalue weighted by Gasteiger charge is -2.34. The number of nitrogens with one attached hydrogen (secondary N) is 1. The van der Waals surface area contributed by atoms with Crippen molar-refractivity contribution in [2.24, 2.45) is 16.3 Å². The molecule has 1 amide bonds. The molecule has 4 N–H and O–H groups in total. The van der Waals surface area contributed by atoms with Crippen LogP contribution >= 0.6 is 0 Å². The molecule has 0 aliphatic heterocycles. The quantitative estimate of drug-likeness (QED) is 0.330. The minimum absolute atomic E-state index is 0.0126. The molecule has 0 saturated heterocycles.